The maximum absolute atomic E-state index is 12.9. The molecule has 1 aliphatic heterocycles. The van der Waals surface area contributed by atoms with Crippen LogP contribution < -0.4 is 9.64 Å². The first-order valence-corrected chi connectivity index (χ1v) is 10.3. The van der Waals surface area contributed by atoms with Crippen LogP contribution in [-0.4, -0.2) is 24.2 Å². The van der Waals surface area contributed by atoms with Crippen LogP contribution >= 0.6 is 23.2 Å². The minimum atomic E-state index is -0.279. The third-order valence-corrected chi connectivity index (χ3v) is 6.02. The summed E-state index contributed by atoms with van der Waals surface area (Å²) < 4.78 is 5.71. The Morgan fingerprint density at radius 3 is 2.14 bits per heavy atom. The molecule has 0 aromatic heterocycles. The first-order valence-electron chi connectivity index (χ1n) is 9.54. The van der Waals surface area contributed by atoms with Gasteiger partial charge in [0.1, 0.15) is 5.75 Å². The second kappa shape index (κ2) is 8.17. The molecule has 1 heterocycles. The number of rotatable bonds is 5. The highest BCUT2D eigenvalue weighted by Crippen LogP contribution is 2.43. The normalized spacial score (nSPS) is 21.2. The van der Waals surface area contributed by atoms with Gasteiger partial charge in [0, 0.05) is 15.6 Å². The second-order valence-corrected chi connectivity index (χ2v) is 8.21. The summed E-state index contributed by atoms with van der Waals surface area (Å²) in [6, 6.07) is 11.2. The molecule has 0 spiro atoms. The lowest BCUT2D eigenvalue weighted by atomic mass is 9.81. The predicted octanol–water partition coefficient (Wildman–Crippen LogP) is 4.93. The summed E-state index contributed by atoms with van der Waals surface area (Å²) in [6.45, 7) is -0.237. The highest BCUT2D eigenvalue weighted by molar-refractivity contribution is 6.31. The van der Waals surface area contributed by atoms with Gasteiger partial charge < -0.3 is 4.74 Å². The van der Waals surface area contributed by atoms with Crippen LogP contribution in [0.2, 0.25) is 10.0 Å². The summed E-state index contributed by atoms with van der Waals surface area (Å²) >= 11 is 12.0. The smallest absolute Gasteiger partial charge is 0.237 e. The van der Waals surface area contributed by atoms with Gasteiger partial charge in [0.15, 0.2) is 12.4 Å². The summed E-state index contributed by atoms with van der Waals surface area (Å²) in [7, 11) is 0. The molecule has 0 bridgehead atoms. The van der Waals surface area contributed by atoms with E-state index in [2.05, 4.69) is 0 Å². The molecular weight excluding hydrogens is 413 g/mol. The number of ether oxygens (including phenoxy) is 1. The first kappa shape index (κ1) is 19.9. The largest absolute Gasteiger partial charge is 0.483 e. The number of amides is 2. The number of ketones is 1. The van der Waals surface area contributed by atoms with Gasteiger partial charge in [0.05, 0.1) is 17.5 Å². The van der Waals surface area contributed by atoms with Gasteiger partial charge in [-0.1, -0.05) is 36.0 Å². The molecular formula is C22H19Cl2NO4. The number of anilines is 1. The number of halogens is 2. The monoisotopic (exact) mass is 431 g/mol. The van der Waals surface area contributed by atoms with Gasteiger partial charge in [-0.05, 0) is 55.3 Å². The minimum Gasteiger partial charge on any atom is -0.483 e. The Labute approximate surface area is 178 Å². The Morgan fingerprint density at radius 1 is 0.931 bits per heavy atom. The highest BCUT2D eigenvalue weighted by Gasteiger charge is 2.49. The molecule has 2 amide bonds. The molecule has 2 atom stereocenters. The highest BCUT2D eigenvalue weighted by atomic mass is 35.5. The molecule has 29 heavy (non-hydrogen) atoms. The van der Waals surface area contributed by atoms with Crippen LogP contribution in [0.1, 0.15) is 36.0 Å². The molecule has 1 aliphatic carbocycles. The summed E-state index contributed by atoms with van der Waals surface area (Å²) in [5.41, 5.74) is 0.759. The summed E-state index contributed by atoms with van der Waals surface area (Å²) in [5.74, 6) is -0.948. The van der Waals surface area contributed by atoms with Crippen LogP contribution in [-0.2, 0) is 9.59 Å². The maximum Gasteiger partial charge on any atom is 0.237 e. The van der Waals surface area contributed by atoms with Crippen LogP contribution in [0.4, 0.5) is 5.69 Å². The van der Waals surface area contributed by atoms with E-state index in [9.17, 15) is 14.4 Å². The van der Waals surface area contributed by atoms with Crippen LogP contribution in [0.15, 0.2) is 42.5 Å². The average molecular weight is 432 g/mol. The van der Waals surface area contributed by atoms with E-state index in [1.807, 2.05) is 0 Å². The van der Waals surface area contributed by atoms with Gasteiger partial charge in [-0.3, -0.25) is 14.4 Å². The van der Waals surface area contributed by atoms with E-state index >= 15 is 0 Å². The van der Waals surface area contributed by atoms with Gasteiger partial charge >= 0.3 is 0 Å². The number of hydrogen-bond donors (Lipinski definition) is 0. The standard InChI is InChI=1S/C22H19Cl2NO4/c23-14-7-5-13(6-8-14)19(26)12-29-20-10-9-15(24)11-18(20)25-21(27)16-3-1-2-4-17(16)22(25)28/h5-11,16-17H,1-4,12H2/t16-,17-/m0/s1. The minimum absolute atomic E-state index is 0.212. The van der Waals surface area contributed by atoms with Crippen molar-refractivity contribution in [2.45, 2.75) is 25.7 Å². The number of carbonyl (C=O) groups excluding carboxylic acids is 3. The van der Waals surface area contributed by atoms with E-state index in [0.29, 0.717) is 21.3 Å². The fourth-order valence-corrected chi connectivity index (χ4v) is 4.34. The number of benzene rings is 2. The van der Waals surface area contributed by atoms with Gasteiger partial charge in [-0.2, -0.15) is 0 Å². The van der Waals surface area contributed by atoms with E-state index in [-0.39, 0.29) is 41.8 Å². The van der Waals surface area contributed by atoms with E-state index in [4.69, 9.17) is 27.9 Å². The molecule has 2 aliphatic rings. The number of fused-ring (bicyclic) bond motifs is 1. The first-order chi connectivity index (χ1) is 14.0. The van der Waals surface area contributed by atoms with Crippen molar-refractivity contribution < 1.29 is 19.1 Å². The second-order valence-electron chi connectivity index (χ2n) is 7.34. The van der Waals surface area contributed by atoms with Crippen molar-refractivity contribution >= 4 is 46.5 Å². The third kappa shape index (κ3) is 3.89. The van der Waals surface area contributed by atoms with E-state index in [0.717, 1.165) is 25.7 Å². The predicted molar refractivity (Wildman–Crippen MR) is 111 cm³/mol. The fourth-order valence-electron chi connectivity index (χ4n) is 4.05. The molecule has 0 N–H and O–H groups in total. The van der Waals surface area contributed by atoms with E-state index in [1.54, 1.807) is 36.4 Å². The number of hydrogen-bond acceptors (Lipinski definition) is 4. The quantitative estimate of drug-likeness (QED) is 0.496. The van der Waals surface area contributed by atoms with Gasteiger partial charge in [0.25, 0.3) is 0 Å². The maximum atomic E-state index is 12.9. The molecule has 2 fully saturated rings. The SMILES string of the molecule is O=C(COc1ccc(Cl)cc1N1C(=O)[C@H]2CCCC[C@@H]2C1=O)c1ccc(Cl)cc1. The van der Waals surface area contributed by atoms with Crippen molar-refractivity contribution in [3.05, 3.63) is 58.1 Å². The van der Waals surface area contributed by atoms with Crippen molar-refractivity contribution in [1.29, 1.82) is 0 Å². The van der Waals surface area contributed by atoms with Crippen molar-refractivity contribution in [3.63, 3.8) is 0 Å². The van der Waals surface area contributed by atoms with Crippen LogP contribution in [0.25, 0.3) is 0 Å². The van der Waals surface area contributed by atoms with Crippen LogP contribution in [0.3, 0.4) is 0 Å². The number of carbonyl (C=O) groups is 3. The summed E-state index contributed by atoms with van der Waals surface area (Å²) in [6.07, 6.45) is 3.33. The number of imide groups is 1. The average Bonchev–Trinajstić information content (AvgIpc) is 2.98. The van der Waals surface area contributed by atoms with Crippen molar-refractivity contribution in [2.24, 2.45) is 11.8 Å². The summed E-state index contributed by atoms with van der Waals surface area (Å²) in [4.78, 5) is 39.5. The van der Waals surface area contributed by atoms with Gasteiger partial charge in [-0.15, -0.1) is 0 Å². The zero-order valence-corrected chi connectivity index (χ0v) is 17.1. The number of nitrogens with zero attached hydrogens (tertiary/aromatic N) is 1. The third-order valence-electron chi connectivity index (χ3n) is 5.53. The molecule has 0 unspecified atom stereocenters. The zero-order valence-electron chi connectivity index (χ0n) is 15.6. The molecule has 1 saturated heterocycles. The van der Waals surface area contributed by atoms with Crippen LogP contribution in [0, 0.1) is 11.8 Å². The molecule has 1 saturated carbocycles. The van der Waals surface area contributed by atoms with Crippen LogP contribution in [0.5, 0.6) is 5.75 Å². The van der Waals surface area contributed by atoms with Crippen molar-refractivity contribution in [1.82, 2.24) is 0 Å². The van der Waals surface area contributed by atoms with Gasteiger partial charge in [0.2, 0.25) is 11.8 Å². The lowest BCUT2D eigenvalue weighted by Gasteiger charge is -2.19. The number of Topliss-reactive ketones (excluding diaryl/α,β-unsaturated/α-hetero) is 1. The Morgan fingerprint density at radius 2 is 1.52 bits per heavy atom. The van der Waals surface area contributed by atoms with Crippen molar-refractivity contribution in [2.75, 3.05) is 11.5 Å². The lowest BCUT2D eigenvalue weighted by Crippen LogP contribution is -2.31. The lowest BCUT2D eigenvalue weighted by molar-refractivity contribution is -0.122. The topological polar surface area (TPSA) is 63.7 Å². The molecule has 4 rings (SSSR count). The summed E-state index contributed by atoms with van der Waals surface area (Å²) in [5, 5.41) is 0.918. The van der Waals surface area contributed by atoms with Crippen molar-refractivity contribution in [3.8, 4) is 5.75 Å². The molecule has 150 valence electrons. The Kier molecular flexibility index (Phi) is 5.61. The Bertz CT molecular complexity index is 949. The molecule has 2 aromatic rings. The molecule has 5 nitrogen and oxygen atoms in total. The Hall–Kier alpha value is -2.37. The molecule has 0 radical (unpaired) electrons. The Balaban J connectivity index is 1.58. The zero-order chi connectivity index (χ0) is 20.5. The van der Waals surface area contributed by atoms with Gasteiger partial charge in [-0.25, -0.2) is 4.90 Å². The fraction of sp³-hybridized carbons (Fsp3) is 0.318. The van der Waals surface area contributed by atoms with E-state index in [1.165, 1.54) is 11.0 Å². The van der Waals surface area contributed by atoms with E-state index < -0.39 is 0 Å². The molecule has 7 heteroatoms. The molecule has 2 aromatic carbocycles.